The van der Waals surface area contributed by atoms with E-state index in [2.05, 4.69) is 0 Å². The summed E-state index contributed by atoms with van der Waals surface area (Å²) in [6, 6.07) is 5.01. The van der Waals surface area contributed by atoms with Gasteiger partial charge < -0.3 is 10.6 Å². The summed E-state index contributed by atoms with van der Waals surface area (Å²) in [5, 5.41) is 0.640. The van der Waals surface area contributed by atoms with E-state index in [1.165, 1.54) is 0 Å². The van der Waals surface area contributed by atoms with Crippen LogP contribution in [0.1, 0.15) is 24.2 Å². The van der Waals surface area contributed by atoms with Crippen molar-refractivity contribution in [3.63, 3.8) is 0 Å². The smallest absolute Gasteiger partial charge is 0.255 e. The predicted octanol–water partition coefficient (Wildman–Crippen LogP) is 3.38. The van der Waals surface area contributed by atoms with Crippen LogP contribution in [-0.4, -0.2) is 28.9 Å². The highest BCUT2D eigenvalue weighted by atomic mass is 35.5. The third kappa shape index (κ3) is 4.06. The molecule has 1 aromatic rings. The summed E-state index contributed by atoms with van der Waals surface area (Å²) in [5.74, 6) is -0.213. The summed E-state index contributed by atoms with van der Waals surface area (Å²) < 4.78 is 0. The van der Waals surface area contributed by atoms with E-state index in [1.54, 1.807) is 23.1 Å². The molecule has 1 rings (SSSR count). The van der Waals surface area contributed by atoms with Crippen molar-refractivity contribution in [2.75, 3.05) is 13.1 Å². The number of halogens is 2. The van der Waals surface area contributed by atoms with Crippen molar-refractivity contribution in [1.29, 1.82) is 0 Å². The molecule has 3 nitrogen and oxygen atoms in total. The number of hydrogen-bond donors (Lipinski definition) is 1. The van der Waals surface area contributed by atoms with Gasteiger partial charge in [0.25, 0.3) is 5.91 Å². The Morgan fingerprint density at radius 3 is 2.63 bits per heavy atom. The van der Waals surface area contributed by atoms with Gasteiger partial charge in [-0.15, -0.1) is 0 Å². The number of nitrogens with zero attached hydrogens (tertiary/aromatic N) is 1. The summed E-state index contributed by atoms with van der Waals surface area (Å²) in [7, 11) is 0. The van der Waals surface area contributed by atoms with Gasteiger partial charge in [-0.2, -0.15) is 0 Å². The first kappa shape index (κ1) is 16.2. The van der Waals surface area contributed by atoms with Gasteiger partial charge >= 0.3 is 0 Å². The van der Waals surface area contributed by atoms with Gasteiger partial charge in [-0.25, -0.2) is 0 Å². The average molecular weight is 319 g/mol. The Morgan fingerprint density at radius 2 is 2.11 bits per heavy atom. The SMILES string of the molecule is CCN(CC(C)C(N)=S)C(=O)c1cccc(Cl)c1Cl. The topological polar surface area (TPSA) is 46.3 Å². The molecule has 1 amide bonds. The minimum Gasteiger partial charge on any atom is -0.393 e. The first-order chi connectivity index (χ1) is 8.88. The molecule has 1 aromatic carbocycles. The Balaban J connectivity index is 2.96. The van der Waals surface area contributed by atoms with Crippen molar-refractivity contribution in [3.05, 3.63) is 33.8 Å². The van der Waals surface area contributed by atoms with Crippen molar-refractivity contribution in [1.82, 2.24) is 4.90 Å². The normalized spacial score (nSPS) is 12.0. The van der Waals surface area contributed by atoms with Gasteiger partial charge in [0.15, 0.2) is 0 Å². The number of benzene rings is 1. The van der Waals surface area contributed by atoms with Crippen molar-refractivity contribution < 1.29 is 4.79 Å². The predicted molar refractivity (Wildman–Crippen MR) is 84.0 cm³/mol. The molecule has 104 valence electrons. The number of rotatable bonds is 5. The number of hydrogen-bond acceptors (Lipinski definition) is 2. The zero-order chi connectivity index (χ0) is 14.6. The lowest BCUT2D eigenvalue weighted by molar-refractivity contribution is 0.0755. The minimum absolute atomic E-state index is 0.0446. The van der Waals surface area contributed by atoms with Crippen molar-refractivity contribution in [2.24, 2.45) is 11.7 Å². The highest BCUT2D eigenvalue weighted by molar-refractivity contribution is 7.80. The van der Waals surface area contributed by atoms with Gasteiger partial charge in [-0.3, -0.25) is 4.79 Å². The number of thiocarbonyl (C=S) groups is 1. The molecule has 0 saturated heterocycles. The molecule has 0 heterocycles. The van der Waals surface area contributed by atoms with Gasteiger partial charge in [-0.05, 0) is 19.1 Å². The maximum Gasteiger partial charge on any atom is 0.255 e. The molecular weight excluding hydrogens is 303 g/mol. The van der Waals surface area contributed by atoms with Gasteiger partial charge in [0.1, 0.15) is 0 Å². The zero-order valence-corrected chi connectivity index (χ0v) is 13.1. The van der Waals surface area contributed by atoms with E-state index in [0.29, 0.717) is 28.7 Å². The van der Waals surface area contributed by atoms with Gasteiger partial charge in [-0.1, -0.05) is 48.4 Å². The van der Waals surface area contributed by atoms with E-state index >= 15 is 0 Å². The lowest BCUT2D eigenvalue weighted by atomic mass is 10.1. The van der Waals surface area contributed by atoms with Crippen LogP contribution in [0, 0.1) is 5.92 Å². The van der Waals surface area contributed by atoms with Crippen molar-refractivity contribution in [3.8, 4) is 0 Å². The summed E-state index contributed by atoms with van der Waals surface area (Å²) in [5.41, 5.74) is 5.97. The molecular formula is C13H16Cl2N2OS. The lowest BCUT2D eigenvalue weighted by Crippen LogP contribution is -2.38. The molecule has 0 spiro atoms. The number of carbonyl (C=O) groups is 1. The summed E-state index contributed by atoms with van der Waals surface area (Å²) >= 11 is 16.9. The minimum atomic E-state index is -0.168. The fourth-order valence-electron chi connectivity index (χ4n) is 1.62. The van der Waals surface area contributed by atoms with E-state index in [0.717, 1.165) is 0 Å². The lowest BCUT2D eigenvalue weighted by Gasteiger charge is -2.24. The van der Waals surface area contributed by atoms with Crippen LogP contribution in [0.4, 0.5) is 0 Å². The zero-order valence-electron chi connectivity index (χ0n) is 10.8. The first-order valence-electron chi connectivity index (χ1n) is 5.91. The van der Waals surface area contributed by atoms with Crippen LogP contribution in [0.25, 0.3) is 0 Å². The molecule has 19 heavy (non-hydrogen) atoms. The van der Waals surface area contributed by atoms with Gasteiger partial charge in [0, 0.05) is 19.0 Å². The molecule has 2 N–H and O–H groups in total. The summed E-state index contributed by atoms with van der Waals surface area (Å²) in [6.45, 7) is 4.79. The maximum absolute atomic E-state index is 12.4. The van der Waals surface area contributed by atoms with Gasteiger partial charge in [0.05, 0.1) is 20.6 Å². The standard InChI is InChI=1S/C13H16Cl2N2OS/c1-3-17(7-8(2)12(16)19)13(18)9-5-4-6-10(14)11(9)15/h4-6,8H,3,7H2,1-2H3,(H2,16,19). The van der Waals surface area contributed by atoms with Gasteiger partial charge in [0.2, 0.25) is 0 Å². The Labute approximate surface area is 128 Å². The molecule has 0 aliphatic rings. The largest absolute Gasteiger partial charge is 0.393 e. The molecule has 0 aliphatic carbocycles. The quantitative estimate of drug-likeness (QED) is 0.846. The Hall–Kier alpha value is -0.840. The molecule has 1 atom stereocenters. The second-order valence-electron chi connectivity index (χ2n) is 4.25. The van der Waals surface area contributed by atoms with E-state index in [4.69, 9.17) is 41.2 Å². The second kappa shape index (κ2) is 7.08. The highest BCUT2D eigenvalue weighted by Gasteiger charge is 2.20. The van der Waals surface area contributed by atoms with E-state index < -0.39 is 0 Å². The summed E-state index contributed by atoms with van der Waals surface area (Å²) in [4.78, 5) is 14.5. The van der Waals surface area contributed by atoms with E-state index in [-0.39, 0.29) is 16.8 Å². The fraction of sp³-hybridized carbons (Fsp3) is 0.385. The Kier molecular flexibility index (Phi) is 6.04. The first-order valence-corrected chi connectivity index (χ1v) is 7.07. The van der Waals surface area contributed by atoms with E-state index in [9.17, 15) is 4.79 Å². The highest BCUT2D eigenvalue weighted by Crippen LogP contribution is 2.26. The fourth-order valence-corrected chi connectivity index (χ4v) is 2.07. The molecule has 0 bridgehead atoms. The third-order valence-electron chi connectivity index (χ3n) is 2.83. The van der Waals surface area contributed by atoms with Crippen LogP contribution < -0.4 is 5.73 Å². The van der Waals surface area contributed by atoms with Crippen LogP contribution in [-0.2, 0) is 0 Å². The van der Waals surface area contributed by atoms with Crippen LogP contribution in [0.2, 0.25) is 10.0 Å². The molecule has 0 aromatic heterocycles. The monoisotopic (exact) mass is 318 g/mol. The third-order valence-corrected chi connectivity index (χ3v) is 4.05. The van der Waals surface area contributed by atoms with Crippen molar-refractivity contribution >= 4 is 46.3 Å². The molecule has 6 heteroatoms. The van der Waals surface area contributed by atoms with Crippen molar-refractivity contribution in [2.45, 2.75) is 13.8 Å². The summed E-state index contributed by atoms with van der Waals surface area (Å²) in [6.07, 6.45) is 0. The maximum atomic E-state index is 12.4. The van der Waals surface area contributed by atoms with E-state index in [1.807, 2.05) is 13.8 Å². The average Bonchev–Trinajstić information content (AvgIpc) is 2.38. The van der Waals surface area contributed by atoms with Crippen LogP contribution in [0.3, 0.4) is 0 Å². The Morgan fingerprint density at radius 1 is 1.47 bits per heavy atom. The molecule has 0 aliphatic heterocycles. The molecule has 0 fully saturated rings. The second-order valence-corrected chi connectivity index (χ2v) is 5.51. The molecule has 0 saturated carbocycles. The Bertz CT molecular complexity index is 494. The van der Waals surface area contributed by atoms with Crippen LogP contribution >= 0.6 is 35.4 Å². The number of carbonyl (C=O) groups excluding carboxylic acids is 1. The number of amides is 1. The number of nitrogens with two attached hydrogens (primary N) is 1. The van der Waals surface area contributed by atoms with Crippen LogP contribution in [0.5, 0.6) is 0 Å². The molecule has 1 unspecified atom stereocenters. The molecule has 0 radical (unpaired) electrons. The van der Waals surface area contributed by atoms with Crippen LogP contribution in [0.15, 0.2) is 18.2 Å².